The number of pyridine rings is 1. The van der Waals surface area contributed by atoms with E-state index in [1.807, 2.05) is 6.07 Å². The van der Waals surface area contributed by atoms with Crippen molar-refractivity contribution in [1.82, 2.24) is 20.5 Å². The molecule has 1 amide bonds. The summed E-state index contributed by atoms with van der Waals surface area (Å²) in [4.78, 5) is 15.5. The number of amides is 1. The molecule has 19 heavy (non-hydrogen) atoms. The van der Waals surface area contributed by atoms with Crippen LogP contribution in [0.25, 0.3) is 11.5 Å². The lowest BCUT2D eigenvalue weighted by Crippen LogP contribution is -2.26. The van der Waals surface area contributed by atoms with Gasteiger partial charge in [-0.1, -0.05) is 11.8 Å². The number of nitrogens with zero attached hydrogens (tertiary/aromatic N) is 3. The Labute approximate surface area is 114 Å². The summed E-state index contributed by atoms with van der Waals surface area (Å²) >= 11 is 1.24. The molecule has 0 saturated heterocycles. The lowest BCUT2D eigenvalue weighted by molar-refractivity contribution is -0.118. The Kier molecular flexibility index (Phi) is 3.45. The topological polar surface area (TPSA) is 80.9 Å². The summed E-state index contributed by atoms with van der Waals surface area (Å²) < 4.78 is 5.46. The molecular formula is C12H12N4O2S. The summed E-state index contributed by atoms with van der Waals surface area (Å²) in [6, 6.07) is 4.02. The molecule has 1 aliphatic carbocycles. The third kappa shape index (κ3) is 3.31. The zero-order chi connectivity index (χ0) is 13.1. The van der Waals surface area contributed by atoms with Crippen LogP contribution >= 0.6 is 11.8 Å². The van der Waals surface area contributed by atoms with Crippen LogP contribution in [0.1, 0.15) is 12.8 Å². The molecule has 2 heterocycles. The molecule has 1 fully saturated rings. The minimum absolute atomic E-state index is 0.00799. The smallest absolute Gasteiger partial charge is 0.277 e. The van der Waals surface area contributed by atoms with Gasteiger partial charge in [-0.15, -0.1) is 10.2 Å². The van der Waals surface area contributed by atoms with Crippen molar-refractivity contribution in [2.24, 2.45) is 0 Å². The van der Waals surface area contributed by atoms with Crippen molar-refractivity contribution in [2.75, 3.05) is 5.75 Å². The molecule has 0 unspecified atom stereocenters. The lowest BCUT2D eigenvalue weighted by atomic mass is 10.3. The molecule has 1 N–H and O–H groups in total. The highest BCUT2D eigenvalue weighted by molar-refractivity contribution is 7.99. The van der Waals surface area contributed by atoms with Crippen LogP contribution in [-0.4, -0.2) is 32.9 Å². The van der Waals surface area contributed by atoms with Gasteiger partial charge in [0.15, 0.2) is 0 Å². The van der Waals surface area contributed by atoms with Crippen LogP contribution < -0.4 is 5.32 Å². The zero-order valence-electron chi connectivity index (χ0n) is 10.1. The van der Waals surface area contributed by atoms with Gasteiger partial charge >= 0.3 is 0 Å². The van der Waals surface area contributed by atoms with Crippen LogP contribution in [0.15, 0.2) is 34.2 Å². The van der Waals surface area contributed by atoms with Gasteiger partial charge in [-0.2, -0.15) is 0 Å². The second kappa shape index (κ2) is 5.40. The van der Waals surface area contributed by atoms with Crippen LogP contribution in [0.4, 0.5) is 0 Å². The third-order valence-corrected chi connectivity index (χ3v) is 3.40. The van der Waals surface area contributed by atoms with Crippen LogP contribution in [0.2, 0.25) is 0 Å². The van der Waals surface area contributed by atoms with Crippen molar-refractivity contribution < 1.29 is 9.21 Å². The Morgan fingerprint density at radius 1 is 1.47 bits per heavy atom. The Bertz CT molecular complexity index is 568. The largest absolute Gasteiger partial charge is 0.411 e. The highest BCUT2D eigenvalue weighted by Crippen LogP contribution is 2.23. The van der Waals surface area contributed by atoms with Gasteiger partial charge in [0.25, 0.3) is 5.22 Å². The molecule has 0 atom stereocenters. The van der Waals surface area contributed by atoms with Crippen LogP contribution in [0.5, 0.6) is 0 Å². The van der Waals surface area contributed by atoms with Gasteiger partial charge in [0.1, 0.15) is 0 Å². The first-order valence-electron chi connectivity index (χ1n) is 5.97. The number of hydrogen-bond donors (Lipinski definition) is 1. The molecule has 0 radical (unpaired) electrons. The van der Waals surface area contributed by atoms with Crippen LogP contribution in [-0.2, 0) is 4.79 Å². The SMILES string of the molecule is O=C(CSc1nnc(-c2cccnc2)o1)NC1CC1. The van der Waals surface area contributed by atoms with Crippen molar-refractivity contribution >= 4 is 17.7 Å². The van der Waals surface area contributed by atoms with Gasteiger partial charge in [0.2, 0.25) is 11.8 Å². The van der Waals surface area contributed by atoms with E-state index in [1.165, 1.54) is 11.8 Å². The fraction of sp³-hybridized carbons (Fsp3) is 0.333. The molecular weight excluding hydrogens is 264 g/mol. The first-order valence-corrected chi connectivity index (χ1v) is 6.96. The van der Waals surface area contributed by atoms with Gasteiger partial charge in [-0.05, 0) is 25.0 Å². The summed E-state index contributed by atoms with van der Waals surface area (Å²) in [5, 5.41) is 11.1. The number of hydrogen-bond acceptors (Lipinski definition) is 6. The maximum atomic E-state index is 11.5. The van der Waals surface area contributed by atoms with Crippen LogP contribution in [0.3, 0.4) is 0 Å². The Morgan fingerprint density at radius 2 is 2.37 bits per heavy atom. The Hall–Kier alpha value is -1.89. The molecule has 2 aromatic rings. The molecule has 2 aromatic heterocycles. The molecule has 0 spiro atoms. The van der Waals surface area contributed by atoms with E-state index in [9.17, 15) is 4.79 Å². The maximum Gasteiger partial charge on any atom is 0.277 e. The van der Waals surface area contributed by atoms with Gasteiger partial charge in [0, 0.05) is 18.4 Å². The average Bonchev–Trinajstić information content (AvgIpc) is 3.12. The van der Waals surface area contributed by atoms with Gasteiger partial charge in [0.05, 0.1) is 11.3 Å². The maximum absolute atomic E-state index is 11.5. The number of thioether (sulfide) groups is 1. The standard InChI is InChI=1S/C12H12N4O2S/c17-10(14-9-3-4-9)7-19-12-16-15-11(18-12)8-2-1-5-13-6-8/h1-2,5-6,9H,3-4,7H2,(H,14,17). The molecule has 6 nitrogen and oxygen atoms in total. The summed E-state index contributed by atoms with van der Waals surface area (Å²) in [6.45, 7) is 0. The van der Waals surface area contributed by atoms with Crippen molar-refractivity contribution in [3.8, 4) is 11.5 Å². The number of carbonyl (C=O) groups excluding carboxylic acids is 1. The number of carbonyl (C=O) groups is 1. The van der Waals surface area contributed by atoms with E-state index in [2.05, 4.69) is 20.5 Å². The second-order valence-corrected chi connectivity index (χ2v) is 5.17. The molecule has 7 heteroatoms. The minimum atomic E-state index is 0.00799. The number of aromatic nitrogens is 3. The van der Waals surface area contributed by atoms with Crippen molar-refractivity contribution in [1.29, 1.82) is 0 Å². The quantitative estimate of drug-likeness (QED) is 0.834. The molecule has 0 aliphatic heterocycles. The first-order chi connectivity index (χ1) is 9.31. The average molecular weight is 276 g/mol. The van der Waals surface area contributed by atoms with E-state index in [1.54, 1.807) is 18.5 Å². The van der Waals surface area contributed by atoms with E-state index in [4.69, 9.17) is 4.42 Å². The fourth-order valence-electron chi connectivity index (χ4n) is 1.50. The number of rotatable bonds is 5. The minimum Gasteiger partial charge on any atom is -0.411 e. The van der Waals surface area contributed by atoms with Crippen molar-refractivity contribution in [2.45, 2.75) is 24.1 Å². The van der Waals surface area contributed by atoms with E-state index in [-0.39, 0.29) is 5.91 Å². The Balaban J connectivity index is 1.57. The summed E-state index contributed by atoms with van der Waals surface area (Å²) in [7, 11) is 0. The van der Waals surface area contributed by atoms with E-state index < -0.39 is 0 Å². The highest BCUT2D eigenvalue weighted by atomic mass is 32.2. The van der Waals surface area contributed by atoms with Crippen molar-refractivity contribution in [3.05, 3.63) is 24.5 Å². The first kappa shape index (κ1) is 12.2. The predicted octanol–water partition coefficient (Wildman–Crippen LogP) is 1.50. The van der Waals surface area contributed by atoms with Crippen molar-refractivity contribution in [3.63, 3.8) is 0 Å². The molecule has 3 rings (SSSR count). The van der Waals surface area contributed by atoms with E-state index in [0.29, 0.717) is 22.9 Å². The molecule has 98 valence electrons. The molecule has 1 saturated carbocycles. The Morgan fingerprint density at radius 3 is 3.11 bits per heavy atom. The normalized spacial score (nSPS) is 14.3. The summed E-state index contributed by atoms with van der Waals surface area (Å²) in [6.07, 6.45) is 5.50. The monoisotopic (exact) mass is 276 g/mol. The highest BCUT2D eigenvalue weighted by Gasteiger charge is 2.23. The second-order valence-electron chi connectivity index (χ2n) is 4.25. The summed E-state index contributed by atoms with van der Waals surface area (Å²) in [5.41, 5.74) is 0.768. The number of nitrogens with one attached hydrogen (secondary N) is 1. The predicted molar refractivity (Wildman–Crippen MR) is 69.4 cm³/mol. The molecule has 1 aliphatic rings. The van der Waals surface area contributed by atoms with Crippen LogP contribution in [0, 0.1) is 0 Å². The van der Waals surface area contributed by atoms with Gasteiger partial charge < -0.3 is 9.73 Å². The summed E-state index contributed by atoms with van der Waals surface area (Å²) in [5.74, 6) is 0.720. The van der Waals surface area contributed by atoms with Gasteiger partial charge in [-0.25, -0.2) is 0 Å². The lowest BCUT2D eigenvalue weighted by Gasteiger charge is -1.99. The fourth-order valence-corrected chi connectivity index (χ4v) is 2.07. The molecule has 0 bridgehead atoms. The van der Waals surface area contributed by atoms with E-state index in [0.717, 1.165) is 18.4 Å². The zero-order valence-corrected chi connectivity index (χ0v) is 10.9. The third-order valence-electron chi connectivity index (χ3n) is 2.58. The molecule has 0 aromatic carbocycles. The van der Waals surface area contributed by atoms with E-state index >= 15 is 0 Å². The van der Waals surface area contributed by atoms with Gasteiger partial charge in [-0.3, -0.25) is 9.78 Å².